The van der Waals surface area contributed by atoms with Crippen molar-refractivity contribution in [2.45, 2.75) is 11.6 Å². The van der Waals surface area contributed by atoms with Gasteiger partial charge in [-0.25, -0.2) is 0 Å². The number of para-hydroxylation sites is 1. The molecule has 6 heteroatoms. The Hall–Kier alpha value is -2.36. The third kappa shape index (κ3) is 2.69. The summed E-state index contributed by atoms with van der Waals surface area (Å²) in [6, 6.07) is 17.6. The molecule has 0 saturated carbocycles. The Labute approximate surface area is 133 Å². The Kier molecular flexibility index (Phi) is 4.07. The highest BCUT2D eigenvalue weighted by molar-refractivity contribution is 7.41. The van der Waals surface area contributed by atoms with E-state index in [1.165, 1.54) is 0 Å². The van der Waals surface area contributed by atoms with Crippen LogP contribution in [-0.2, 0) is 20.9 Å². The third-order valence-corrected chi connectivity index (χ3v) is 5.45. The molecule has 3 N–H and O–H groups in total. The molecule has 2 aromatic carbocycles. The molecule has 0 aliphatic carbocycles. The van der Waals surface area contributed by atoms with E-state index in [0.29, 0.717) is 11.3 Å². The maximum Gasteiger partial charge on any atom is 0.324 e. The van der Waals surface area contributed by atoms with E-state index < -0.39 is 19.2 Å². The smallest absolute Gasteiger partial charge is 0.324 e. The Morgan fingerprint density at radius 1 is 1.09 bits per heavy atom. The van der Waals surface area contributed by atoms with E-state index in [0.717, 1.165) is 10.9 Å². The molecule has 0 radical (unpaired) electrons. The van der Waals surface area contributed by atoms with Gasteiger partial charge in [-0.15, -0.1) is 0 Å². The fourth-order valence-corrected chi connectivity index (χ4v) is 3.77. The highest BCUT2D eigenvalue weighted by atomic mass is 31.1. The first-order valence-electron chi connectivity index (χ1n) is 7.13. The van der Waals surface area contributed by atoms with Gasteiger partial charge in [0.25, 0.3) is 0 Å². The average molecular weight is 329 g/mol. The highest BCUT2D eigenvalue weighted by Crippen LogP contribution is 2.47. The second-order valence-corrected chi connectivity index (χ2v) is 6.90. The van der Waals surface area contributed by atoms with E-state index in [1.54, 1.807) is 30.3 Å². The summed E-state index contributed by atoms with van der Waals surface area (Å²) in [7, 11) is -3.39. The Bertz CT molecular complexity index is 825. The van der Waals surface area contributed by atoms with Crippen LogP contribution in [0.4, 0.5) is 0 Å². The standard InChI is InChI=1S/C17H16NO4P/c19-16(20)17(23(21)22,13-7-2-1-3-8-13)11-14-10-12-6-4-5-9-15(12)18-14/h1-10,18,23H,11H2,(H,19,20)(H,21,22). The van der Waals surface area contributed by atoms with E-state index in [-0.39, 0.29) is 6.42 Å². The summed E-state index contributed by atoms with van der Waals surface area (Å²) in [6.07, 6.45) is -0.0741. The Balaban J connectivity index is 2.12. The zero-order valence-electron chi connectivity index (χ0n) is 12.2. The summed E-state index contributed by atoms with van der Waals surface area (Å²) in [4.78, 5) is 24.9. The number of rotatable bonds is 5. The molecule has 0 saturated heterocycles. The van der Waals surface area contributed by atoms with Gasteiger partial charge in [-0.05, 0) is 23.1 Å². The average Bonchev–Trinajstić information content (AvgIpc) is 2.95. The number of carboxylic acids is 1. The first-order chi connectivity index (χ1) is 11.0. The summed E-state index contributed by atoms with van der Waals surface area (Å²) < 4.78 is 12.1. The van der Waals surface area contributed by atoms with Crippen LogP contribution in [-0.4, -0.2) is 21.0 Å². The van der Waals surface area contributed by atoms with E-state index in [2.05, 4.69) is 4.98 Å². The van der Waals surface area contributed by atoms with Crippen molar-refractivity contribution in [1.29, 1.82) is 0 Å². The lowest BCUT2D eigenvalue weighted by Gasteiger charge is -2.26. The minimum absolute atomic E-state index is 0.0741. The molecule has 2 unspecified atom stereocenters. The van der Waals surface area contributed by atoms with Gasteiger partial charge >= 0.3 is 5.97 Å². The van der Waals surface area contributed by atoms with Crippen LogP contribution in [0, 0.1) is 0 Å². The quantitative estimate of drug-likeness (QED) is 0.627. The van der Waals surface area contributed by atoms with Gasteiger partial charge in [0.1, 0.15) is 0 Å². The number of carboxylic acid groups (broad SMARTS) is 1. The monoisotopic (exact) mass is 329 g/mol. The summed E-state index contributed by atoms with van der Waals surface area (Å²) >= 11 is 0. The van der Waals surface area contributed by atoms with Gasteiger partial charge in [0.05, 0.1) is 0 Å². The van der Waals surface area contributed by atoms with Crippen molar-refractivity contribution in [3.8, 4) is 0 Å². The number of aromatic nitrogens is 1. The van der Waals surface area contributed by atoms with Gasteiger partial charge in [-0.3, -0.25) is 9.36 Å². The molecule has 0 amide bonds. The summed E-state index contributed by atoms with van der Waals surface area (Å²) in [5.74, 6) is -1.30. The van der Waals surface area contributed by atoms with Crippen LogP contribution in [0.15, 0.2) is 60.7 Å². The Morgan fingerprint density at radius 2 is 1.74 bits per heavy atom. The number of aliphatic carboxylic acids is 1. The van der Waals surface area contributed by atoms with Gasteiger partial charge in [0, 0.05) is 17.6 Å². The molecule has 3 rings (SSSR count). The Morgan fingerprint density at radius 3 is 2.35 bits per heavy atom. The predicted octanol–water partition coefficient (Wildman–Crippen LogP) is 3.16. The minimum Gasteiger partial charge on any atom is -0.480 e. The zero-order chi connectivity index (χ0) is 16.4. The van der Waals surface area contributed by atoms with Crippen molar-refractivity contribution in [3.05, 3.63) is 71.9 Å². The third-order valence-electron chi connectivity index (χ3n) is 4.04. The van der Waals surface area contributed by atoms with Crippen LogP contribution in [0.25, 0.3) is 10.9 Å². The first-order valence-corrected chi connectivity index (χ1v) is 8.48. The maximum atomic E-state index is 12.1. The minimum atomic E-state index is -3.39. The van der Waals surface area contributed by atoms with Crippen LogP contribution in [0.5, 0.6) is 0 Å². The number of hydrogen-bond donors (Lipinski definition) is 3. The fourth-order valence-electron chi connectivity index (χ4n) is 2.83. The molecular formula is C17H16NO4P. The fraction of sp³-hybridized carbons (Fsp3) is 0.118. The number of fused-ring (bicyclic) bond motifs is 1. The molecule has 118 valence electrons. The van der Waals surface area contributed by atoms with Crippen LogP contribution < -0.4 is 0 Å². The lowest BCUT2D eigenvalue weighted by molar-refractivity contribution is -0.140. The molecular weight excluding hydrogens is 313 g/mol. The SMILES string of the molecule is O=C(O)C(Cc1cc2ccccc2[nH]1)(c1ccccc1)[PH](=O)O. The van der Waals surface area contributed by atoms with Gasteiger partial charge in [-0.1, -0.05) is 48.5 Å². The van der Waals surface area contributed by atoms with Gasteiger partial charge in [0.2, 0.25) is 8.03 Å². The molecule has 23 heavy (non-hydrogen) atoms. The van der Waals surface area contributed by atoms with Gasteiger partial charge in [-0.2, -0.15) is 0 Å². The van der Waals surface area contributed by atoms with E-state index >= 15 is 0 Å². The van der Waals surface area contributed by atoms with Crippen molar-refractivity contribution < 1.29 is 19.4 Å². The first kappa shape index (κ1) is 15.5. The topological polar surface area (TPSA) is 90.4 Å². The van der Waals surface area contributed by atoms with Crippen molar-refractivity contribution >= 4 is 24.9 Å². The second kappa shape index (κ2) is 6.03. The molecule has 0 aliphatic rings. The van der Waals surface area contributed by atoms with Crippen LogP contribution in [0.1, 0.15) is 11.3 Å². The molecule has 0 aliphatic heterocycles. The van der Waals surface area contributed by atoms with E-state index in [4.69, 9.17) is 0 Å². The number of aromatic amines is 1. The molecule has 1 aromatic heterocycles. The molecule has 0 fully saturated rings. The molecule has 2 atom stereocenters. The van der Waals surface area contributed by atoms with Crippen LogP contribution >= 0.6 is 8.03 Å². The van der Waals surface area contributed by atoms with Crippen LogP contribution in [0.3, 0.4) is 0 Å². The molecule has 3 aromatic rings. The van der Waals surface area contributed by atoms with E-state index in [9.17, 15) is 19.4 Å². The molecule has 5 nitrogen and oxygen atoms in total. The van der Waals surface area contributed by atoms with Crippen molar-refractivity contribution in [2.75, 3.05) is 0 Å². The molecule has 0 bridgehead atoms. The number of hydrogen-bond acceptors (Lipinski definition) is 2. The number of carbonyl (C=O) groups is 1. The van der Waals surface area contributed by atoms with Crippen molar-refractivity contribution in [3.63, 3.8) is 0 Å². The van der Waals surface area contributed by atoms with E-state index in [1.807, 2.05) is 30.3 Å². The molecule has 1 heterocycles. The lowest BCUT2D eigenvalue weighted by Crippen LogP contribution is -2.34. The predicted molar refractivity (Wildman–Crippen MR) is 89.0 cm³/mol. The number of H-pyrrole nitrogens is 1. The second-order valence-electron chi connectivity index (χ2n) is 5.44. The summed E-state index contributed by atoms with van der Waals surface area (Å²) in [6.45, 7) is 0. The van der Waals surface area contributed by atoms with Gasteiger partial charge in [0.15, 0.2) is 5.16 Å². The molecule has 0 spiro atoms. The zero-order valence-corrected chi connectivity index (χ0v) is 13.2. The lowest BCUT2D eigenvalue weighted by atomic mass is 9.93. The van der Waals surface area contributed by atoms with Crippen LogP contribution in [0.2, 0.25) is 0 Å². The highest BCUT2D eigenvalue weighted by Gasteiger charge is 2.46. The normalized spacial score (nSPS) is 15.2. The summed E-state index contributed by atoms with van der Waals surface area (Å²) in [5, 5.41) is 8.83. The number of benzene rings is 2. The van der Waals surface area contributed by atoms with Crippen molar-refractivity contribution in [1.82, 2.24) is 4.98 Å². The van der Waals surface area contributed by atoms with Gasteiger partial charge < -0.3 is 15.0 Å². The largest absolute Gasteiger partial charge is 0.480 e. The van der Waals surface area contributed by atoms with Crippen molar-refractivity contribution in [2.24, 2.45) is 0 Å². The number of nitrogens with one attached hydrogen (secondary N) is 1. The summed E-state index contributed by atoms with van der Waals surface area (Å²) in [5.41, 5.74) is 1.81. The maximum absolute atomic E-state index is 12.1.